The van der Waals surface area contributed by atoms with E-state index in [9.17, 15) is 9.59 Å². The van der Waals surface area contributed by atoms with Crippen LogP contribution in [0.15, 0.2) is 18.2 Å². The van der Waals surface area contributed by atoms with Crippen molar-refractivity contribution in [2.24, 2.45) is 5.73 Å². The summed E-state index contributed by atoms with van der Waals surface area (Å²) < 4.78 is 0. The smallest absolute Gasteiger partial charge is 0.335 e. The van der Waals surface area contributed by atoms with Crippen LogP contribution >= 0.6 is 0 Å². The molecule has 0 aliphatic carbocycles. The minimum atomic E-state index is -1.02. The topological polar surface area (TPSA) is 92.4 Å². The largest absolute Gasteiger partial charge is 0.478 e. The Morgan fingerprint density at radius 1 is 1.42 bits per heavy atom. The van der Waals surface area contributed by atoms with Crippen LogP contribution in [0.1, 0.15) is 42.1 Å². The summed E-state index contributed by atoms with van der Waals surface area (Å²) in [4.78, 5) is 22.8. The summed E-state index contributed by atoms with van der Waals surface area (Å²) in [5.41, 5.74) is 7.22. The molecule has 1 atom stereocenters. The third-order valence-corrected chi connectivity index (χ3v) is 2.95. The average molecular weight is 264 g/mol. The molecule has 4 N–H and O–H groups in total. The predicted octanol–water partition coefficient (Wildman–Crippen LogP) is 2.15. The van der Waals surface area contributed by atoms with Gasteiger partial charge in [0.1, 0.15) is 0 Å². The molecule has 0 spiro atoms. The summed E-state index contributed by atoms with van der Waals surface area (Å²) in [6.07, 6.45) is 2.50. The number of carboxylic acid groups (broad SMARTS) is 1. The zero-order valence-corrected chi connectivity index (χ0v) is 11.3. The first-order valence-electron chi connectivity index (χ1n) is 6.36. The maximum atomic E-state index is 11.9. The Balaban J connectivity index is 2.78. The zero-order valence-electron chi connectivity index (χ0n) is 11.3. The molecule has 104 valence electrons. The predicted molar refractivity (Wildman–Crippen MR) is 74.3 cm³/mol. The van der Waals surface area contributed by atoms with E-state index in [4.69, 9.17) is 10.8 Å². The lowest BCUT2D eigenvalue weighted by Gasteiger charge is -2.13. The monoisotopic (exact) mass is 264 g/mol. The highest BCUT2D eigenvalue weighted by Crippen LogP contribution is 2.17. The number of rotatable bonds is 6. The van der Waals surface area contributed by atoms with Crippen molar-refractivity contribution in [3.8, 4) is 0 Å². The molecule has 5 heteroatoms. The average Bonchev–Trinajstić information content (AvgIpc) is 2.38. The van der Waals surface area contributed by atoms with Crippen molar-refractivity contribution in [1.29, 1.82) is 0 Å². The molecule has 0 saturated carbocycles. The van der Waals surface area contributed by atoms with Gasteiger partial charge in [-0.1, -0.05) is 25.8 Å². The van der Waals surface area contributed by atoms with Crippen molar-refractivity contribution in [1.82, 2.24) is 0 Å². The quantitative estimate of drug-likeness (QED) is 0.734. The molecule has 0 aromatic heterocycles. The molecular weight excluding hydrogens is 244 g/mol. The number of nitrogens with one attached hydrogen (secondary N) is 1. The molecule has 1 amide bonds. The number of carbonyl (C=O) groups is 2. The number of hydrogen-bond acceptors (Lipinski definition) is 3. The van der Waals surface area contributed by atoms with Crippen LogP contribution in [-0.4, -0.2) is 23.0 Å². The van der Waals surface area contributed by atoms with E-state index in [0.29, 0.717) is 12.1 Å². The van der Waals surface area contributed by atoms with Crippen molar-refractivity contribution in [2.75, 3.05) is 5.32 Å². The maximum absolute atomic E-state index is 11.9. The highest BCUT2D eigenvalue weighted by atomic mass is 16.4. The van der Waals surface area contributed by atoms with E-state index in [2.05, 4.69) is 5.32 Å². The summed E-state index contributed by atoms with van der Waals surface area (Å²) in [5.74, 6) is -1.30. The van der Waals surface area contributed by atoms with Crippen LogP contribution in [0.2, 0.25) is 0 Å². The molecule has 0 bridgehead atoms. The first-order valence-corrected chi connectivity index (χ1v) is 6.36. The van der Waals surface area contributed by atoms with Gasteiger partial charge in [0.15, 0.2) is 0 Å². The van der Waals surface area contributed by atoms with Crippen LogP contribution in [0.3, 0.4) is 0 Å². The van der Waals surface area contributed by atoms with Crippen LogP contribution in [0.5, 0.6) is 0 Å². The van der Waals surface area contributed by atoms with Gasteiger partial charge < -0.3 is 16.2 Å². The van der Waals surface area contributed by atoms with Crippen LogP contribution in [0, 0.1) is 6.92 Å². The van der Waals surface area contributed by atoms with Gasteiger partial charge in [0.05, 0.1) is 11.6 Å². The fourth-order valence-corrected chi connectivity index (χ4v) is 1.67. The van der Waals surface area contributed by atoms with E-state index >= 15 is 0 Å². The van der Waals surface area contributed by atoms with E-state index in [-0.39, 0.29) is 11.5 Å². The molecule has 0 heterocycles. The van der Waals surface area contributed by atoms with Gasteiger partial charge in [-0.2, -0.15) is 0 Å². The summed E-state index contributed by atoms with van der Waals surface area (Å²) in [6.45, 7) is 3.84. The van der Waals surface area contributed by atoms with Crippen LogP contribution in [0.25, 0.3) is 0 Å². The first kappa shape index (κ1) is 15.2. The van der Waals surface area contributed by atoms with Gasteiger partial charge in [0, 0.05) is 5.69 Å². The number of carbonyl (C=O) groups excluding carboxylic acids is 1. The molecule has 5 nitrogen and oxygen atoms in total. The number of aromatic carboxylic acids is 1. The number of anilines is 1. The Morgan fingerprint density at radius 2 is 2.11 bits per heavy atom. The van der Waals surface area contributed by atoms with Crippen LogP contribution < -0.4 is 11.1 Å². The zero-order chi connectivity index (χ0) is 14.4. The third kappa shape index (κ3) is 4.37. The molecule has 19 heavy (non-hydrogen) atoms. The fourth-order valence-electron chi connectivity index (χ4n) is 1.67. The molecule has 1 unspecified atom stereocenters. The third-order valence-electron chi connectivity index (χ3n) is 2.95. The van der Waals surface area contributed by atoms with Gasteiger partial charge in [-0.15, -0.1) is 0 Å². The van der Waals surface area contributed by atoms with Gasteiger partial charge in [-0.25, -0.2) is 4.79 Å². The first-order chi connectivity index (χ1) is 8.95. The van der Waals surface area contributed by atoms with Crippen molar-refractivity contribution in [2.45, 2.75) is 39.2 Å². The minimum absolute atomic E-state index is 0.142. The lowest BCUT2D eigenvalue weighted by molar-refractivity contribution is -0.117. The minimum Gasteiger partial charge on any atom is -0.478 e. The van der Waals surface area contributed by atoms with E-state index in [1.54, 1.807) is 13.0 Å². The summed E-state index contributed by atoms with van der Waals surface area (Å²) in [7, 11) is 0. The fraction of sp³-hybridized carbons (Fsp3) is 0.429. The maximum Gasteiger partial charge on any atom is 0.335 e. The molecule has 0 saturated heterocycles. The number of nitrogens with two attached hydrogens (primary N) is 1. The molecule has 1 aromatic rings. The second-order valence-electron chi connectivity index (χ2n) is 4.57. The summed E-state index contributed by atoms with van der Waals surface area (Å²) in [5, 5.41) is 11.6. The Bertz CT molecular complexity index is 472. The van der Waals surface area contributed by atoms with Gasteiger partial charge in [-0.05, 0) is 31.0 Å². The molecule has 1 rings (SSSR count). The molecule has 0 aliphatic heterocycles. The number of carboxylic acids is 1. The van der Waals surface area contributed by atoms with Gasteiger partial charge in [0.25, 0.3) is 0 Å². The van der Waals surface area contributed by atoms with Gasteiger partial charge >= 0.3 is 5.97 Å². The molecule has 0 aliphatic rings. The van der Waals surface area contributed by atoms with Crippen molar-refractivity contribution >= 4 is 17.6 Å². The lowest BCUT2D eigenvalue weighted by atomic mass is 10.1. The second-order valence-corrected chi connectivity index (χ2v) is 4.57. The van der Waals surface area contributed by atoms with Gasteiger partial charge in [0.2, 0.25) is 5.91 Å². The standard InChI is InChI=1S/C14H20N2O3/c1-3-4-5-11(15)13(17)16-12-8-10(14(18)19)7-6-9(12)2/h6-8,11H,3-5,15H2,1-2H3,(H,16,17)(H,18,19). The molecule has 0 radical (unpaired) electrons. The van der Waals surface area contributed by atoms with Crippen LogP contribution in [0.4, 0.5) is 5.69 Å². The van der Waals surface area contributed by atoms with Crippen molar-refractivity contribution in [3.05, 3.63) is 29.3 Å². The number of benzene rings is 1. The number of amides is 1. The Hall–Kier alpha value is -1.88. The molecular formula is C14H20N2O3. The van der Waals surface area contributed by atoms with Gasteiger partial charge in [-0.3, -0.25) is 4.79 Å². The van der Waals surface area contributed by atoms with Crippen molar-refractivity contribution < 1.29 is 14.7 Å². The van der Waals surface area contributed by atoms with E-state index in [1.807, 2.05) is 6.92 Å². The second kappa shape index (κ2) is 6.89. The lowest BCUT2D eigenvalue weighted by Crippen LogP contribution is -2.35. The normalized spacial score (nSPS) is 11.9. The SMILES string of the molecule is CCCCC(N)C(=O)Nc1cc(C(=O)O)ccc1C. The Morgan fingerprint density at radius 3 is 2.68 bits per heavy atom. The highest BCUT2D eigenvalue weighted by Gasteiger charge is 2.14. The Kier molecular flexibility index (Phi) is 5.51. The highest BCUT2D eigenvalue weighted by molar-refractivity contribution is 5.97. The van der Waals surface area contributed by atoms with E-state index < -0.39 is 12.0 Å². The summed E-state index contributed by atoms with van der Waals surface area (Å²) >= 11 is 0. The van der Waals surface area contributed by atoms with Crippen LogP contribution in [-0.2, 0) is 4.79 Å². The van der Waals surface area contributed by atoms with E-state index in [0.717, 1.165) is 18.4 Å². The summed E-state index contributed by atoms with van der Waals surface area (Å²) in [6, 6.07) is 4.05. The number of hydrogen-bond donors (Lipinski definition) is 3. The number of unbranched alkanes of at least 4 members (excludes halogenated alkanes) is 1. The Labute approximate surface area is 112 Å². The van der Waals surface area contributed by atoms with E-state index in [1.165, 1.54) is 12.1 Å². The molecule has 0 fully saturated rings. The van der Waals surface area contributed by atoms with Crippen molar-refractivity contribution in [3.63, 3.8) is 0 Å². The molecule has 1 aromatic carbocycles. The number of aryl methyl sites for hydroxylation is 1.